The molecule has 2 N–H and O–H groups in total. The van der Waals surface area contributed by atoms with Gasteiger partial charge < -0.3 is 14.8 Å². The Morgan fingerprint density at radius 2 is 1.93 bits per heavy atom. The summed E-state index contributed by atoms with van der Waals surface area (Å²) in [6, 6.07) is 5.91. The maximum absolute atomic E-state index is 13.5. The summed E-state index contributed by atoms with van der Waals surface area (Å²) in [5.41, 5.74) is 1.02. The van der Waals surface area contributed by atoms with Crippen LogP contribution in [-0.4, -0.2) is 76.5 Å². The van der Waals surface area contributed by atoms with Gasteiger partial charge in [-0.2, -0.15) is 28.5 Å². The number of aliphatic hydroxyl groups is 1. The quantitative estimate of drug-likeness (QED) is 0.306. The van der Waals surface area contributed by atoms with Crippen LogP contribution < -0.4 is 4.74 Å². The minimum atomic E-state index is -4.73. The Bertz CT molecular complexity index is 1640. The average Bonchev–Trinajstić information content (AvgIpc) is 3.65. The summed E-state index contributed by atoms with van der Waals surface area (Å²) < 4.78 is 48.3. The molecule has 0 atom stereocenters. The van der Waals surface area contributed by atoms with Crippen LogP contribution in [0.25, 0.3) is 22.3 Å². The maximum atomic E-state index is 13.5. The standard InChI is InChI=1S/C29H32F3N9O2/c1-27(2,16-42)22-11-23(39-26(38-22)29(30,31)32)43-20-5-3-19(4-6-20)40-14-28(15-40,8-9-33)41-13-18(12-37-41)24-21-7-10-34-25(21)36-17-35-24/h7,10-13,17,19-20,42H,3-6,8,14-16H2,1-2H3,(H,34,35,36)/t19-,20+. The lowest BCUT2D eigenvalue weighted by Crippen LogP contribution is -2.65. The van der Waals surface area contributed by atoms with Crippen molar-refractivity contribution in [2.45, 2.75) is 75.2 Å². The number of likely N-dealkylation sites (tertiary alicyclic amines) is 1. The summed E-state index contributed by atoms with van der Waals surface area (Å²) >= 11 is 0. The van der Waals surface area contributed by atoms with E-state index in [9.17, 15) is 23.5 Å². The number of aliphatic hydroxyl groups excluding tert-OH is 1. The Morgan fingerprint density at radius 3 is 2.63 bits per heavy atom. The molecule has 5 heterocycles. The molecule has 1 saturated heterocycles. The van der Waals surface area contributed by atoms with Gasteiger partial charge in [0.1, 0.15) is 23.6 Å². The van der Waals surface area contributed by atoms with E-state index < -0.39 is 23.0 Å². The summed E-state index contributed by atoms with van der Waals surface area (Å²) in [4.78, 5) is 21.4. The number of nitriles is 1. The van der Waals surface area contributed by atoms with Gasteiger partial charge in [-0.25, -0.2) is 15.0 Å². The maximum Gasteiger partial charge on any atom is 0.451 e. The molecule has 0 spiro atoms. The molecule has 0 bridgehead atoms. The first-order valence-electron chi connectivity index (χ1n) is 14.2. The number of aromatic amines is 1. The minimum absolute atomic E-state index is 0.0782. The van der Waals surface area contributed by atoms with Crippen LogP contribution in [0.2, 0.25) is 0 Å². The lowest BCUT2D eigenvalue weighted by atomic mass is 9.82. The van der Waals surface area contributed by atoms with Crippen LogP contribution in [0.4, 0.5) is 13.2 Å². The molecule has 0 radical (unpaired) electrons. The highest BCUT2D eigenvalue weighted by Crippen LogP contribution is 2.39. The number of alkyl halides is 3. The van der Waals surface area contributed by atoms with Gasteiger partial charge in [-0.15, -0.1) is 0 Å². The normalized spacial score (nSPS) is 21.0. The van der Waals surface area contributed by atoms with Crippen LogP contribution >= 0.6 is 0 Å². The van der Waals surface area contributed by atoms with Gasteiger partial charge in [0.05, 0.1) is 36.7 Å². The van der Waals surface area contributed by atoms with E-state index in [0.29, 0.717) is 32.4 Å². The van der Waals surface area contributed by atoms with E-state index in [1.54, 1.807) is 20.0 Å². The Hall–Kier alpha value is -4.09. The van der Waals surface area contributed by atoms with Crippen molar-refractivity contribution >= 4 is 11.0 Å². The van der Waals surface area contributed by atoms with Crippen molar-refractivity contribution in [1.82, 2.24) is 39.6 Å². The molecule has 43 heavy (non-hydrogen) atoms. The van der Waals surface area contributed by atoms with Crippen LogP contribution in [0.15, 0.2) is 37.1 Å². The van der Waals surface area contributed by atoms with Crippen molar-refractivity contribution in [2.24, 2.45) is 0 Å². The smallest absolute Gasteiger partial charge is 0.451 e. The second kappa shape index (κ2) is 10.9. The molecule has 6 rings (SSSR count). The first-order valence-corrected chi connectivity index (χ1v) is 14.2. The molecule has 226 valence electrons. The van der Waals surface area contributed by atoms with Gasteiger partial charge in [-0.05, 0) is 31.7 Å². The second-order valence-corrected chi connectivity index (χ2v) is 12.1. The van der Waals surface area contributed by atoms with Crippen molar-refractivity contribution in [1.29, 1.82) is 5.26 Å². The SMILES string of the molecule is CC(C)(CO)c1cc(O[C@H]2CC[C@@H](N3CC(CC#N)(n4cc(-c5ncnc6[nH]ccc56)cn4)C3)CC2)nc(C(F)(F)F)n1. The van der Waals surface area contributed by atoms with Crippen molar-refractivity contribution in [2.75, 3.05) is 19.7 Å². The molecule has 14 heteroatoms. The van der Waals surface area contributed by atoms with Gasteiger partial charge in [-0.1, -0.05) is 13.8 Å². The highest BCUT2D eigenvalue weighted by molar-refractivity contribution is 5.90. The summed E-state index contributed by atoms with van der Waals surface area (Å²) in [5.74, 6) is -1.40. The van der Waals surface area contributed by atoms with Gasteiger partial charge in [0.2, 0.25) is 11.7 Å². The van der Waals surface area contributed by atoms with Crippen molar-refractivity contribution in [3.05, 3.63) is 48.6 Å². The predicted octanol–water partition coefficient (Wildman–Crippen LogP) is 4.21. The first-order chi connectivity index (χ1) is 20.5. The fraction of sp³-hybridized carbons (Fsp3) is 0.517. The number of hydrogen-bond acceptors (Lipinski definition) is 9. The molecule has 1 aliphatic heterocycles. The lowest BCUT2D eigenvalue weighted by molar-refractivity contribution is -0.145. The van der Waals surface area contributed by atoms with Gasteiger partial charge in [-0.3, -0.25) is 9.58 Å². The fourth-order valence-electron chi connectivity index (χ4n) is 6.00. The molecule has 4 aromatic heterocycles. The van der Waals surface area contributed by atoms with Crippen LogP contribution in [0.5, 0.6) is 5.88 Å². The number of rotatable bonds is 8. The zero-order chi connectivity index (χ0) is 30.4. The van der Waals surface area contributed by atoms with E-state index in [2.05, 4.69) is 41.0 Å². The molecule has 2 fully saturated rings. The monoisotopic (exact) mass is 595 g/mol. The molecule has 0 unspecified atom stereocenters. The topological polar surface area (TPSA) is 142 Å². The summed E-state index contributed by atoms with van der Waals surface area (Å²) in [6.07, 6.45) is 5.25. The minimum Gasteiger partial charge on any atom is -0.474 e. The largest absolute Gasteiger partial charge is 0.474 e. The number of halogens is 3. The van der Waals surface area contributed by atoms with E-state index in [-0.39, 0.29) is 30.3 Å². The number of nitrogens with zero attached hydrogens (tertiary/aromatic N) is 8. The lowest BCUT2D eigenvalue weighted by Gasteiger charge is -2.53. The molecular formula is C29H32F3N9O2. The highest BCUT2D eigenvalue weighted by Gasteiger charge is 2.48. The zero-order valence-corrected chi connectivity index (χ0v) is 23.8. The number of nitrogens with one attached hydrogen (secondary N) is 1. The highest BCUT2D eigenvalue weighted by atomic mass is 19.4. The third-order valence-corrected chi connectivity index (χ3v) is 8.59. The summed E-state index contributed by atoms with van der Waals surface area (Å²) in [5, 5.41) is 24.8. The van der Waals surface area contributed by atoms with Crippen LogP contribution in [0, 0.1) is 11.3 Å². The third-order valence-electron chi connectivity index (χ3n) is 8.59. The van der Waals surface area contributed by atoms with E-state index in [4.69, 9.17) is 4.74 Å². The first kappa shape index (κ1) is 29.0. The van der Waals surface area contributed by atoms with Crippen LogP contribution in [0.1, 0.15) is 57.5 Å². The number of hydrogen-bond donors (Lipinski definition) is 2. The summed E-state index contributed by atoms with van der Waals surface area (Å²) in [6.45, 7) is 4.20. The van der Waals surface area contributed by atoms with E-state index in [1.807, 2.05) is 23.1 Å². The number of fused-ring (bicyclic) bond motifs is 1. The van der Waals surface area contributed by atoms with Crippen molar-refractivity contribution in [3.63, 3.8) is 0 Å². The van der Waals surface area contributed by atoms with E-state index in [1.165, 1.54) is 12.4 Å². The van der Waals surface area contributed by atoms with Gasteiger partial charge >= 0.3 is 6.18 Å². The Kier molecular flexibility index (Phi) is 7.34. The molecule has 2 aliphatic rings. The van der Waals surface area contributed by atoms with E-state index in [0.717, 1.165) is 35.1 Å². The van der Waals surface area contributed by atoms with Gasteiger partial charge in [0.15, 0.2) is 0 Å². The molecule has 0 amide bonds. The van der Waals surface area contributed by atoms with E-state index >= 15 is 0 Å². The van der Waals surface area contributed by atoms with Gasteiger partial charge in [0, 0.05) is 54.0 Å². The molecule has 0 aromatic carbocycles. The molecule has 1 aliphatic carbocycles. The predicted molar refractivity (Wildman–Crippen MR) is 149 cm³/mol. The van der Waals surface area contributed by atoms with Crippen LogP contribution in [0.3, 0.4) is 0 Å². The van der Waals surface area contributed by atoms with Crippen molar-refractivity contribution < 1.29 is 23.0 Å². The van der Waals surface area contributed by atoms with Crippen molar-refractivity contribution in [3.8, 4) is 23.2 Å². The molecule has 11 nitrogen and oxygen atoms in total. The molecular weight excluding hydrogens is 563 g/mol. The number of aromatic nitrogens is 7. The third kappa shape index (κ3) is 5.54. The Morgan fingerprint density at radius 1 is 1.16 bits per heavy atom. The number of ether oxygens (including phenoxy) is 1. The molecule has 4 aromatic rings. The zero-order valence-electron chi connectivity index (χ0n) is 23.8. The second-order valence-electron chi connectivity index (χ2n) is 12.1. The number of H-pyrrole nitrogens is 1. The fourth-order valence-corrected chi connectivity index (χ4v) is 6.00. The Labute approximate surface area is 245 Å². The van der Waals surface area contributed by atoms with Gasteiger partial charge in [0.25, 0.3) is 0 Å². The van der Waals surface area contributed by atoms with Crippen LogP contribution in [-0.2, 0) is 17.1 Å². The summed E-state index contributed by atoms with van der Waals surface area (Å²) in [7, 11) is 0. The molecule has 1 saturated carbocycles. The average molecular weight is 596 g/mol. The Balaban J connectivity index is 1.10.